The Hall–Kier alpha value is -1.25. The fourth-order valence-electron chi connectivity index (χ4n) is 7.31. The van der Waals surface area contributed by atoms with Gasteiger partial charge in [-0.2, -0.15) is 0 Å². The summed E-state index contributed by atoms with van der Waals surface area (Å²) in [5.41, 5.74) is 0. The first-order valence-electron chi connectivity index (χ1n) is 25.4. The van der Waals surface area contributed by atoms with E-state index in [1.807, 2.05) is 21.1 Å². The first-order valence-corrected chi connectivity index (χ1v) is 26.9. The van der Waals surface area contributed by atoms with Gasteiger partial charge in [-0.1, -0.05) is 206 Å². The molecule has 0 aliphatic carbocycles. The SMILES string of the molecule is CCCCCCCC/C=C/CCCCCC(=O)OC[C@H](COP(=O)(O)OCC[N+](C)(C)C)OC(=O)CCCCCCCCCCCCCCCCCCCCCCCCC. The Labute approximate surface area is 371 Å². The molecule has 0 aliphatic heterocycles. The number of carbonyl (C=O) groups is 2. The number of hydrogen-bond donors (Lipinski definition) is 1. The van der Waals surface area contributed by atoms with E-state index in [-0.39, 0.29) is 32.0 Å². The monoisotopic (exact) mass is 873 g/mol. The summed E-state index contributed by atoms with van der Waals surface area (Å²) in [5, 5.41) is 0. The maximum absolute atomic E-state index is 12.7. The van der Waals surface area contributed by atoms with E-state index >= 15 is 0 Å². The topological polar surface area (TPSA) is 108 Å². The third-order valence-corrected chi connectivity index (χ3v) is 12.3. The maximum atomic E-state index is 12.7. The van der Waals surface area contributed by atoms with Crippen LogP contribution in [0, 0.1) is 0 Å². The highest BCUT2D eigenvalue weighted by molar-refractivity contribution is 7.47. The average molecular weight is 873 g/mol. The minimum Gasteiger partial charge on any atom is -0.462 e. The number of phosphoric acid groups is 1. The van der Waals surface area contributed by atoms with Gasteiger partial charge >= 0.3 is 19.8 Å². The van der Waals surface area contributed by atoms with Crippen molar-refractivity contribution in [2.24, 2.45) is 0 Å². The zero-order chi connectivity index (χ0) is 44.3. The number of hydrogen-bond acceptors (Lipinski definition) is 7. The van der Waals surface area contributed by atoms with Crippen molar-refractivity contribution in [2.45, 2.75) is 251 Å². The number of unbranched alkanes of at least 4 members (excludes halogenated alkanes) is 31. The molecule has 0 aromatic carbocycles. The van der Waals surface area contributed by atoms with Crippen LogP contribution < -0.4 is 0 Å². The van der Waals surface area contributed by atoms with Gasteiger partial charge in [-0.3, -0.25) is 18.6 Å². The number of phosphoric ester groups is 1. The average Bonchev–Trinajstić information content (AvgIpc) is 3.20. The van der Waals surface area contributed by atoms with Crippen LogP contribution in [-0.2, 0) is 32.7 Å². The van der Waals surface area contributed by atoms with Gasteiger partial charge in [0, 0.05) is 12.8 Å². The van der Waals surface area contributed by atoms with Crippen molar-refractivity contribution in [3.63, 3.8) is 0 Å². The molecule has 1 unspecified atom stereocenters. The van der Waals surface area contributed by atoms with Gasteiger partial charge in [0.1, 0.15) is 19.8 Å². The van der Waals surface area contributed by atoms with Crippen molar-refractivity contribution in [3.05, 3.63) is 12.2 Å². The van der Waals surface area contributed by atoms with E-state index in [0.29, 0.717) is 17.4 Å². The molecule has 0 saturated carbocycles. The predicted molar refractivity (Wildman–Crippen MR) is 252 cm³/mol. The molecule has 0 aromatic rings. The minimum atomic E-state index is -4.38. The molecule has 0 heterocycles. The van der Waals surface area contributed by atoms with Crippen molar-refractivity contribution < 1.29 is 42.1 Å². The third-order valence-electron chi connectivity index (χ3n) is 11.3. The van der Waals surface area contributed by atoms with E-state index in [0.717, 1.165) is 44.9 Å². The first kappa shape index (κ1) is 58.8. The molecule has 356 valence electrons. The lowest BCUT2D eigenvalue weighted by Gasteiger charge is -2.24. The number of likely N-dealkylation sites (N-methyl/N-ethyl adjacent to an activating group) is 1. The van der Waals surface area contributed by atoms with Crippen molar-refractivity contribution in [1.82, 2.24) is 0 Å². The second-order valence-electron chi connectivity index (χ2n) is 18.6. The Morgan fingerprint density at radius 2 is 0.850 bits per heavy atom. The van der Waals surface area contributed by atoms with Gasteiger partial charge in [-0.15, -0.1) is 0 Å². The van der Waals surface area contributed by atoms with Gasteiger partial charge < -0.3 is 18.9 Å². The molecule has 0 rings (SSSR count). The van der Waals surface area contributed by atoms with Crippen molar-refractivity contribution >= 4 is 19.8 Å². The molecule has 0 aliphatic rings. The van der Waals surface area contributed by atoms with Crippen LogP contribution in [0.3, 0.4) is 0 Å². The lowest BCUT2D eigenvalue weighted by molar-refractivity contribution is -0.870. The van der Waals surface area contributed by atoms with Gasteiger partial charge in [0.15, 0.2) is 6.10 Å². The Bertz CT molecular complexity index is 1030. The zero-order valence-corrected chi connectivity index (χ0v) is 41.1. The number of allylic oxidation sites excluding steroid dienone is 2. The van der Waals surface area contributed by atoms with E-state index in [1.165, 1.54) is 167 Å². The van der Waals surface area contributed by atoms with Crippen molar-refractivity contribution in [2.75, 3.05) is 47.5 Å². The number of ether oxygens (including phenoxy) is 2. The molecule has 10 heteroatoms. The number of quaternary nitrogens is 1. The third kappa shape index (κ3) is 46.3. The minimum absolute atomic E-state index is 0.0329. The molecule has 60 heavy (non-hydrogen) atoms. The van der Waals surface area contributed by atoms with E-state index in [4.69, 9.17) is 18.5 Å². The molecule has 0 bridgehead atoms. The molecule has 9 nitrogen and oxygen atoms in total. The fraction of sp³-hybridized carbons (Fsp3) is 0.920. The van der Waals surface area contributed by atoms with Gasteiger partial charge in [0.2, 0.25) is 0 Å². The Kier molecular flexibility index (Phi) is 42.1. The van der Waals surface area contributed by atoms with Crippen LogP contribution >= 0.6 is 7.82 Å². The highest BCUT2D eigenvalue weighted by atomic mass is 31.2. The van der Waals surface area contributed by atoms with E-state index in [2.05, 4.69) is 26.0 Å². The summed E-state index contributed by atoms with van der Waals surface area (Å²) < 4.78 is 34.4. The fourth-order valence-corrected chi connectivity index (χ4v) is 8.05. The highest BCUT2D eigenvalue weighted by Crippen LogP contribution is 2.43. The Morgan fingerprint density at radius 1 is 0.500 bits per heavy atom. The molecule has 2 atom stereocenters. The molecule has 0 spiro atoms. The normalized spacial score (nSPS) is 13.5. The van der Waals surface area contributed by atoms with Crippen LogP contribution in [0.2, 0.25) is 0 Å². The van der Waals surface area contributed by atoms with Crippen LogP contribution in [0.25, 0.3) is 0 Å². The lowest BCUT2D eigenvalue weighted by Crippen LogP contribution is -2.37. The molecule has 0 saturated heterocycles. The van der Waals surface area contributed by atoms with Gasteiger partial charge in [-0.05, 0) is 38.5 Å². The van der Waals surface area contributed by atoms with E-state index < -0.39 is 26.5 Å². The summed E-state index contributed by atoms with van der Waals surface area (Å²) in [7, 11) is 1.48. The second kappa shape index (κ2) is 43.0. The molecule has 0 amide bonds. The van der Waals surface area contributed by atoms with Crippen LogP contribution in [0.5, 0.6) is 0 Å². The molecular formula is C50H99NO8P+. The van der Waals surface area contributed by atoms with Gasteiger partial charge in [0.25, 0.3) is 0 Å². The predicted octanol–water partition coefficient (Wildman–Crippen LogP) is 14.9. The quantitative estimate of drug-likeness (QED) is 0.0212. The van der Waals surface area contributed by atoms with Gasteiger partial charge in [0.05, 0.1) is 27.7 Å². The molecule has 0 radical (unpaired) electrons. The Balaban J connectivity index is 4.18. The van der Waals surface area contributed by atoms with Crippen LogP contribution in [-0.4, -0.2) is 74.9 Å². The molecule has 0 aromatic heterocycles. The number of carbonyl (C=O) groups excluding carboxylic acids is 2. The standard InChI is InChI=1S/C50H98NO8P/c1-6-8-10-12-14-16-18-20-21-22-23-24-25-26-27-28-29-31-33-35-37-39-41-43-50(53)59-48(47-58-60(54,55)57-45-44-51(3,4)5)46-56-49(52)42-40-38-36-34-32-30-19-17-15-13-11-9-7-2/h30,32,48H,6-29,31,33-47H2,1-5H3/p+1/b32-30+/t48-/m1/s1. The summed E-state index contributed by atoms with van der Waals surface area (Å²) in [4.78, 5) is 35.5. The number of rotatable bonds is 47. The lowest BCUT2D eigenvalue weighted by atomic mass is 10.0. The van der Waals surface area contributed by atoms with E-state index in [9.17, 15) is 19.0 Å². The highest BCUT2D eigenvalue weighted by Gasteiger charge is 2.27. The summed E-state index contributed by atoms with van der Waals surface area (Å²) in [6, 6.07) is 0. The summed E-state index contributed by atoms with van der Waals surface area (Å²) >= 11 is 0. The number of nitrogens with zero attached hydrogens (tertiary/aromatic N) is 1. The van der Waals surface area contributed by atoms with Crippen LogP contribution in [0.4, 0.5) is 0 Å². The number of esters is 2. The molecular weight excluding hydrogens is 774 g/mol. The molecule has 1 N–H and O–H groups in total. The van der Waals surface area contributed by atoms with Crippen molar-refractivity contribution in [3.8, 4) is 0 Å². The first-order chi connectivity index (χ1) is 29.0. The largest absolute Gasteiger partial charge is 0.472 e. The van der Waals surface area contributed by atoms with Crippen LogP contribution in [0.1, 0.15) is 245 Å². The van der Waals surface area contributed by atoms with Crippen LogP contribution in [0.15, 0.2) is 12.2 Å². The second-order valence-corrected chi connectivity index (χ2v) is 20.0. The zero-order valence-electron chi connectivity index (χ0n) is 40.2. The summed E-state index contributed by atoms with van der Waals surface area (Å²) in [6.45, 7) is 4.44. The van der Waals surface area contributed by atoms with Crippen molar-refractivity contribution in [1.29, 1.82) is 0 Å². The maximum Gasteiger partial charge on any atom is 0.472 e. The molecule has 0 fully saturated rings. The summed E-state index contributed by atoms with van der Waals surface area (Å²) in [5.74, 6) is -0.803. The Morgan fingerprint density at radius 3 is 1.25 bits per heavy atom. The van der Waals surface area contributed by atoms with Gasteiger partial charge in [-0.25, -0.2) is 4.57 Å². The smallest absolute Gasteiger partial charge is 0.462 e. The summed E-state index contributed by atoms with van der Waals surface area (Å²) in [6.07, 6.45) is 47.0. The van der Waals surface area contributed by atoms with E-state index in [1.54, 1.807) is 0 Å².